The second kappa shape index (κ2) is 7.02. The molecule has 1 amide bonds. The van der Waals surface area contributed by atoms with Crippen molar-refractivity contribution in [3.63, 3.8) is 0 Å². The predicted octanol–water partition coefficient (Wildman–Crippen LogP) is 2.14. The van der Waals surface area contributed by atoms with Gasteiger partial charge in [0.15, 0.2) is 33.9 Å². The van der Waals surface area contributed by atoms with Crippen LogP contribution in [0.5, 0.6) is 11.5 Å². The number of fused-ring (bicyclic) bond motifs is 2. The summed E-state index contributed by atoms with van der Waals surface area (Å²) in [5.41, 5.74) is 0.663. The van der Waals surface area contributed by atoms with Gasteiger partial charge in [0, 0.05) is 17.8 Å². The number of carbonyl (C=O) groups is 1. The molecule has 0 saturated carbocycles. The van der Waals surface area contributed by atoms with Crippen molar-refractivity contribution in [2.75, 3.05) is 17.9 Å². The third kappa shape index (κ3) is 3.43. The van der Waals surface area contributed by atoms with E-state index in [0.29, 0.717) is 39.6 Å². The van der Waals surface area contributed by atoms with Crippen LogP contribution in [-0.4, -0.2) is 38.0 Å². The first-order valence-corrected chi connectivity index (χ1v) is 9.50. The molecule has 0 atom stereocenters. The average molecular weight is 411 g/mol. The Morgan fingerprint density at radius 2 is 2.10 bits per heavy atom. The van der Waals surface area contributed by atoms with Gasteiger partial charge in [0.25, 0.3) is 5.56 Å². The minimum Gasteiger partial charge on any atom is -0.461 e. The van der Waals surface area contributed by atoms with E-state index in [4.69, 9.17) is 13.9 Å². The zero-order valence-electron chi connectivity index (χ0n) is 14.7. The van der Waals surface area contributed by atoms with E-state index in [1.165, 1.54) is 16.8 Å². The summed E-state index contributed by atoms with van der Waals surface area (Å²) in [5, 5.41) is 5.83. The van der Waals surface area contributed by atoms with Crippen LogP contribution in [-0.2, 0) is 4.79 Å². The van der Waals surface area contributed by atoms with Crippen LogP contribution in [0.1, 0.15) is 0 Å². The van der Waals surface area contributed by atoms with E-state index in [9.17, 15) is 9.59 Å². The molecule has 5 rings (SSSR count). The minimum absolute atomic E-state index is 0.0678. The second-order valence-corrected chi connectivity index (χ2v) is 6.97. The van der Waals surface area contributed by atoms with Crippen LogP contribution in [0.2, 0.25) is 0 Å². The number of benzene rings is 1. The van der Waals surface area contributed by atoms with Crippen LogP contribution in [0.3, 0.4) is 0 Å². The third-order valence-electron chi connectivity index (χ3n) is 4.05. The molecule has 0 fully saturated rings. The number of H-pyrrole nitrogens is 1. The van der Waals surface area contributed by atoms with Crippen LogP contribution >= 0.6 is 11.8 Å². The van der Waals surface area contributed by atoms with Crippen molar-refractivity contribution in [2.45, 2.75) is 5.16 Å². The van der Waals surface area contributed by atoms with Crippen molar-refractivity contribution in [1.82, 2.24) is 19.6 Å². The van der Waals surface area contributed by atoms with Gasteiger partial charge in [-0.3, -0.25) is 14.7 Å². The van der Waals surface area contributed by atoms with E-state index in [1.807, 2.05) is 0 Å². The van der Waals surface area contributed by atoms with Gasteiger partial charge < -0.3 is 19.2 Å². The molecule has 4 heterocycles. The SMILES string of the molecule is O=C(CSc1nc(-c2ccco2)nc2cc(=O)[nH]n12)Nc1ccc2c(c1)OCO2. The summed E-state index contributed by atoms with van der Waals surface area (Å²) >= 11 is 1.16. The summed E-state index contributed by atoms with van der Waals surface area (Å²) in [7, 11) is 0. The van der Waals surface area contributed by atoms with Crippen LogP contribution in [0, 0.1) is 0 Å². The number of hydrogen-bond donors (Lipinski definition) is 2. The number of aromatic amines is 1. The topological polar surface area (TPSA) is 124 Å². The minimum atomic E-state index is -0.317. The highest BCUT2D eigenvalue weighted by atomic mass is 32.2. The number of nitrogens with zero attached hydrogens (tertiary/aromatic N) is 3. The highest BCUT2D eigenvalue weighted by Crippen LogP contribution is 2.34. The van der Waals surface area contributed by atoms with Gasteiger partial charge in [-0.15, -0.1) is 0 Å². The maximum absolute atomic E-state index is 12.4. The van der Waals surface area contributed by atoms with E-state index in [-0.39, 0.29) is 24.0 Å². The molecule has 0 radical (unpaired) electrons. The van der Waals surface area contributed by atoms with Gasteiger partial charge in [-0.25, -0.2) is 9.50 Å². The van der Waals surface area contributed by atoms with Gasteiger partial charge in [-0.2, -0.15) is 4.98 Å². The van der Waals surface area contributed by atoms with Crippen molar-refractivity contribution in [3.05, 3.63) is 53.0 Å². The molecule has 3 aromatic heterocycles. The number of hydrogen-bond acceptors (Lipinski definition) is 8. The molecule has 0 unspecified atom stereocenters. The molecule has 11 heteroatoms. The summed E-state index contributed by atoms with van der Waals surface area (Å²) in [6, 6.07) is 9.96. The zero-order chi connectivity index (χ0) is 19.8. The lowest BCUT2D eigenvalue weighted by molar-refractivity contribution is -0.113. The fourth-order valence-electron chi connectivity index (χ4n) is 2.80. The molecule has 10 nitrogen and oxygen atoms in total. The molecule has 1 aliphatic rings. The largest absolute Gasteiger partial charge is 0.461 e. The Bertz CT molecular complexity index is 1260. The Morgan fingerprint density at radius 3 is 2.97 bits per heavy atom. The number of aromatic nitrogens is 4. The lowest BCUT2D eigenvalue weighted by atomic mass is 10.3. The maximum atomic E-state index is 12.4. The Labute approximate surface area is 166 Å². The van der Waals surface area contributed by atoms with Crippen LogP contribution in [0.25, 0.3) is 17.2 Å². The number of thioether (sulfide) groups is 1. The zero-order valence-corrected chi connectivity index (χ0v) is 15.6. The van der Waals surface area contributed by atoms with Crippen molar-refractivity contribution >= 4 is 29.0 Å². The summed E-state index contributed by atoms with van der Waals surface area (Å²) < 4.78 is 17.3. The molecule has 1 aromatic carbocycles. The van der Waals surface area contributed by atoms with E-state index in [2.05, 4.69) is 20.4 Å². The standard InChI is InChI=1S/C18H13N5O5S/c24-15-7-14-20-17(12-2-1-5-26-12)21-18(23(14)22-15)29-8-16(25)19-10-3-4-11-13(6-10)28-9-27-11/h1-7H,8-9H2,(H,19,25)(H,22,24). The van der Waals surface area contributed by atoms with Crippen LogP contribution < -0.4 is 20.3 Å². The van der Waals surface area contributed by atoms with Gasteiger partial charge in [-0.05, 0) is 24.3 Å². The molecule has 0 aliphatic carbocycles. The highest BCUT2D eigenvalue weighted by molar-refractivity contribution is 7.99. The number of anilines is 1. The quantitative estimate of drug-likeness (QED) is 0.479. The molecular weight excluding hydrogens is 398 g/mol. The van der Waals surface area contributed by atoms with Crippen molar-refractivity contribution in [1.29, 1.82) is 0 Å². The first kappa shape index (κ1) is 17.4. The molecule has 4 aromatic rings. The van der Waals surface area contributed by atoms with Gasteiger partial charge in [0.05, 0.1) is 12.0 Å². The summed E-state index contributed by atoms with van der Waals surface area (Å²) in [6.07, 6.45) is 1.51. The van der Waals surface area contributed by atoms with Crippen LogP contribution in [0.15, 0.2) is 57.0 Å². The Kier molecular flexibility index (Phi) is 4.21. The molecule has 146 valence electrons. The monoisotopic (exact) mass is 411 g/mol. The predicted molar refractivity (Wildman–Crippen MR) is 103 cm³/mol. The summed E-state index contributed by atoms with van der Waals surface area (Å²) in [5.74, 6) is 1.84. The molecule has 0 bridgehead atoms. The summed E-state index contributed by atoms with van der Waals surface area (Å²) in [6.45, 7) is 0.166. The van der Waals surface area contributed by atoms with Crippen molar-refractivity contribution in [3.8, 4) is 23.1 Å². The van der Waals surface area contributed by atoms with Crippen LogP contribution in [0.4, 0.5) is 5.69 Å². The molecule has 2 N–H and O–H groups in total. The first-order chi connectivity index (χ1) is 14.2. The maximum Gasteiger partial charge on any atom is 0.266 e. The second-order valence-electron chi connectivity index (χ2n) is 6.03. The van der Waals surface area contributed by atoms with E-state index < -0.39 is 0 Å². The van der Waals surface area contributed by atoms with Gasteiger partial charge in [-0.1, -0.05) is 11.8 Å². The number of ether oxygens (including phenoxy) is 2. The lowest BCUT2D eigenvalue weighted by Crippen LogP contribution is -2.15. The molecular formula is C18H13N5O5S. The van der Waals surface area contributed by atoms with Crippen molar-refractivity contribution in [2.24, 2.45) is 0 Å². The molecule has 1 aliphatic heterocycles. The van der Waals surface area contributed by atoms with Gasteiger partial charge in [0.1, 0.15) is 0 Å². The molecule has 0 spiro atoms. The number of furan rings is 1. The fraction of sp³-hybridized carbons (Fsp3) is 0.111. The summed E-state index contributed by atoms with van der Waals surface area (Å²) in [4.78, 5) is 32.9. The number of nitrogens with one attached hydrogen (secondary N) is 2. The fourth-order valence-corrected chi connectivity index (χ4v) is 3.55. The van der Waals surface area contributed by atoms with Crippen molar-refractivity contribution < 1.29 is 18.7 Å². The highest BCUT2D eigenvalue weighted by Gasteiger charge is 2.16. The third-order valence-corrected chi connectivity index (χ3v) is 4.99. The van der Waals surface area contributed by atoms with Gasteiger partial charge >= 0.3 is 0 Å². The lowest BCUT2D eigenvalue weighted by Gasteiger charge is -2.08. The van der Waals surface area contributed by atoms with E-state index in [1.54, 1.807) is 30.3 Å². The Morgan fingerprint density at radius 1 is 1.21 bits per heavy atom. The van der Waals surface area contributed by atoms with E-state index in [0.717, 1.165) is 11.8 Å². The van der Waals surface area contributed by atoms with E-state index >= 15 is 0 Å². The number of amides is 1. The number of carbonyl (C=O) groups excluding carboxylic acids is 1. The number of rotatable bonds is 5. The average Bonchev–Trinajstić information content (AvgIpc) is 3.45. The van der Waals surface area contributed by atoms with Gasteiger partial charge in [0.2, 0.25) is 12.7 Å². The molecule has 0 saturated heterocycles. The normalized spacial score (nSPS) is 12.4. The molecule has 29 heavy (non-hydrogen) atoms. The Hall–Kier alpha value is -3.73. The Balaban J connectivity index is 1.36. The first-order valence-electron chi connectivity index (χ1n) is 8.52. The smallest absolute Gasteiger partial charge is 0.266 e.